The first-order valence-electron chi connectivity index (χ1n) is 6.11. The Bertz CT molecular complexity index is 419. The number of carbonyl (C=O) groups is 1. The molecule has 1 aromatic rings. The van der Waals surface area contributed by atoms with Gasteiger partial charge in [-0.3, -0.25) is 4.79 Å². The van der Waals surface area contributed by atoms with Gasteiger partial charge >= 0.3 is 6.18 Å². The number of hydrogen-bond donors (Lipinski definition) is 2. The number of carbonyl (C=O) groups excluding carboxylic acids is 1. The van der Waals surface area contributed by atoms with Crippen LogP contribution < -0.4 is 11.1 Å². The lowest BCUT2D eigenvalue weighted by Crippen LogP contribution is -2.27. The Balaban J connectivity index is 2.62. The zero-order chi connectivity index (χ0) is 14.3. The van der Waals surface area contributed by atoms with E-state index in [4.69, 9.17) is 5.73 Å². The molecule has 0 saturated heterocycles. The minimum absolute atomic E-state index is 0.339. The molecule has 0 unspecified atom stereocenters. The molecule has 106 valence electrons. The molecule has 0 bridgehead atoms. The van der Waals surface area contributed by atoms with Crippen LogP contribution in [0.4, 0.5) is 13.2 Å². The van der Waals surface area contributed by atoms with E-state index in [0.29, 0.717) is 19.5 Å². The third kappa shape index (κ3) is 4.90. The number of halogens is 3. The maximum absolute atomic E-state index is 12.7. The van der Waals surface area contributed by atoms with Crippen molar-refractivity contribution in [2.75, 3.05) is 13.1 Å². The number of benzene rings is 1. The van der Waals surface area contributed by atoms with E-state index in [1.165, 1.54) is 18.2 Å². The van der Waals surface area contributed by atoms with E-state index in [9.17, 15) is 18.0 Å². The maximum atomic E-state index is 12.7. The molecule has 0 aromatic heterocycles. The lowest BCUT2D eigenvalue weighted by molar-refractivity contribution is -0.137. The second-order valence-corrected chi connectivity index (χ2v) is 4.15. The molecule has 0 aliphatic heterocycles. The highest BCUT2D eigenvalue weighted by Gasteiger charge is 2.34. The first-order valence-corrected chi connectivity index (χ1v) is 6.11. The molecule has 19 heavy (non-hydrogen) atoms. The summed E-state index contributed by atoms with van der Waals surface area (Å²) in [5, 5.41) is 2.49. The summed E-state index contributed by atoms with van der Waals surface area (Å²) in [5.74, 6) is -0.694. The molecule has 3 N–H and O–H groups in total. The molecule has 0 aliphatic carbocycles. The van der Waals surface area contributed by atoms with Crippen LogP contribution in [0.25, 0.3) is 0 Å². The molecule has 3 nitrogen and oxygen atoms in total. The van der Waals surface area contributed by atoms with Gasteiger partial charge < -0.3 is 11.1 Å². The van der Waals surface area contributed by atoms with Crippen molar-refractivity contribution in [2.45, 2.75) is 25.4 Å². The third-order valence-corrected chi connectivity index (χ3v) is 2.64. The molecule has 1 amide bonds. The predicted molar refractivity (Wildman–Crippen MR) is 66.7 cm³/mol. The zero-order valence-corrected chi connectivity index (χ0v) is 10.5. The summed E-state index contributed by atoms with van der Waals surface area (Å²) in [4.78, 5) is 11.7. The largest absolute Gasteiger partial charge is 0.417 e. The Labute approximate surface area is 110 Å². The van der Waals surface area contributed by atoms with Crippen molar-refractivity contribution in [2.24, 2.45) is 5.73 Å². The van der Waals surface area contributed by atoms with E-state index in [0.717, 1.165) is 18.9 Å². The Hall–Kier alpha value is -1.56. The van der Waals surface area contributed by atoms with Gasteiger partial charge in [-0.05, 0) is 31.5 Å². The van der Waals surface area contributed by atoms with Crippen molar-refractivity contribution in [3.63, 3.8) is 0 Å². The monoisotopic (exact) mass is 274 g/mol. The van der Waals surface area contributed by atoms with Gasteiger partial charge in [0.1, 0.15) is 0 Å². The molecule has 0 radical (unpaired) electrons. The first kappa shape index (κ1) is 15.5. The second kappa shape index (κ2) is 7.13. The summed E-state index contributed by atoms with van der Waals surface area (Å²) >= 11 is 0. The summed E-state index contributed by atoms with van der Waals surface area (Å²) in [6, 6.07) is 4.76. The molecule has 0 saturated carbocycles. The molecule has 0 fully saturated rings. The summed E-state index contributed by atoms with van der Waals surface area (Å²) < 4.78 is 38.1. The quantitative estimate of drug-likeness (QED) is 0.783. The van der Waals surface area contributed by atoms with Crippen LogP contribution in [0.15, 0.2) is 24.3 Å². The van der Waals surface area contributed by atoms with E-state index in [1.54, 1.807) is 0 Å². The SMILES string of the molecule is NCCCCCNC(=O)c1ccccc1C(F)(F)F. The Morgan fingerprint density at radius 1 is 1.16 bits per heavy atom. The van der Waals surface area contributed by atoms with Gasteiger partial charge in [-0.1, -0.05) is 18.6 Å². The molecular weight excluding hydrogens is 257 g/mol. The number of amides is 1. The van der Waals surface area contributed by atoms with Crippen LogP contribution in [-0.2, 0) is 6.18 Å². The standard InChI is InChI=1S/C13H17F3N2O/c14-13(15,16)11-7-3-2-6-10(11)12(19)18-9-5-1-4-8-17/h2-3,6-7H,1,4-5,8-9,17H2,(H,18,19). The number of nitrogens with two attached hydrogens (primary N) is 1. The van der Waals surface area contributed by atoms with Crippen molar-refractivity contribution in [3.8, 4) is 0 Å². The average molecular weight is 274 g/mol. The Morgan fingerprint density at radius 2 is 1.84 bits per heavy atom. The smallest absolute Gasteiger partial charge is 0.352 e. The topological polar surface area (TPSA) is 55.1 Å². The maximum Gasteiger partial charge on any atom is 0.417 e. The minimum Gasteiger partial charge on any atom is -0.352 e. The zero-order valence-electron chi connectivity index (χ0n) is 10.5. The van der Waals surface area contributed by atoms with Gasteiger partial charge in [0.25, 0.3) is 5.91 Å². The van der Waals surface area contributed by atoms with E-state index >= 15 is 0 Å². The molecule has 1 aromatic carbocycles. The molecule has 0 spiro atoms. The number of rotatable bonds is 6. The van der Waals surface area contributed by atoms with Gasteiger partial charge in [0, 0.05) is 6.54 Å². The van der Waals surface area contributed by atoms with Crippen molar-refractivity contribution < 1.29 is 18.0 Å². The van der Waals surface area contributed by atoms with Crippen LogP contribution in [0.1, 0.15) is 35.2 Å². The lowest BCUT2D eigenvalue weighted by atomic mass is 10.1. The molecule has 0 aliphatic rings. The summed E-state index contributed by atoms with van der Waals surface area (Å²) in [5.41, 5.74) is 4.07. The van der Waals surface area contributed by atoms with Crippen LogP contribution in [0, 0.1) is 0 Å². The molecule has 1 rings (SSSR count). The van der Waals surface area contributed by atoms with Gasteiger partial charge in [-0.15, -0.1) is 0 Å². The van der Waals surface area contributed by atoms with Gasteiger partial charge in [0.2, 0.25) is 0 Å². The highest BCUT2D eigenvalue weighted by molar-refractivity contribution is 5.95. The predicted octanol–water partition coefficient (Wildman–Crippen LogP) is 2.56. The summed E-state index contributed by atoms with van der Waals surface area (Å²) in [7, 11) is 0. The number of unbranched alkanes of at least 4 members (excludes halogenated alkanes) is 2. The van der Waals surface area contributed by atoms with Crippen LogP contribution in [0.2, 0.25) is 0 Å². The van der Waals surface area contributed by atoms with Gasteiger partial charge in [0.05, 0.1) is 11.1 Å². The fraction of sp³-hybridized carbons (Fsp3) is 0.462. The number of nitrogens with one attached hydrogen (secondary N) is 1. The van der Waals surface area contributed by atoms with Crippen LogP contribution in [0.3, 0.4) is 0 Å². The van der Waals surface area contributed by atoms with E-state index in [1.807, 2.05) is 0 Å². The van der Waals surface area contributed by atoms with Gasteiger partial charge in [0.15, 0.2) is 0 Å². The van der Waals surface area contributed by atoms with Crippen molar-refractivity contribution in [1.29, 1.82) is 0 Å². The Kier molecular flexibility index (Phi) is 5.82. The van der Waals surface area contributed by atoms with E-state index in [2.05, 4.69) is 5.32 Å². The minimum atomic E-state index is -4.52. The summed E-state index contributed by atoms with van der Waals surface area (Å²) in [6.45, 7) is 0.926. The van der Waals surface area contributed by atoms with E-state index in [-0.39, 0.29) is 5.56 Å². The van der Waals surface area contributed by atoms with Crippen molar-refractivity contribution in [1.82, 2.24) is 5.32 Å². The highest BCUT2D eigenvalue weighted by atomic mass is 19.4. The van der Waals surface area contributed by atoms with Gasteiger partial charge in [-0.25, -0.2) is 0 Å². The van der Waals surface area contributed by atoms with Crippen LogP contribution >= 0.6 is 0 Å². The van der Waals surface area contributed by atoms with Crippen molar-refractivity contribution >= 4 is 5.91 Å². The van der Waals surface area contributed by atoms with Crippen LogP contribution in [0.5, 0.6) is 0 Å². The fourth-order valence-corrected chi connectivity index (χ4v) is 1.67. The molecule has 0 atom stereocenters. The van der Waals surface area contributed by atoms with Crippen LogP contribution in [-0.4, -0.2) is 19.0 Å². The van der Waals surface area contributed by atoms with E-state index < -0.39 is 17.6 Å². The first-order chi connectivity index (χ1) is 8.96. The van der Waals surface area contributed by atoms with Crippen molar-refractivity contribution in [3.05, 3.63) is 35.4 Å². The highest BCUT2D eigenvalue weighted by Crippen LogP contribution is 2.31. The Morgan fingerprint density at radius 3 is 2.47 bits per heavy atom. The molecule has 6 heteroatoms. The number of hydrogen-bond acceptors (Lipinski definition) is 2. The lowest BCUT2D eigenvalue weighted by Gasteiger charge is -2.12. The summed E-state index contributed by atoms with van der Waals surface area (Å²) in [6.07, 6.45) is -2.13. The van der Waals surface area contributed by atoms with Gasteiger partial charge in [-0.2, -0.15) is 13.2 Å². The normalized spacial score (nSPS) is 11.4. The fourth-order valence-electron chi connectivity index (χ4n) is 1.67. The molecular formula is C13H17F3N2O. The average Bonchev–Trinajstić information content (AvgIpc) is 2.37. The number of alkyl halides is 3. The molecule has 0 heterocycles. The third-order valence-electron chi connectivity index (χ3n) is 2.64. The second-order valence-electron chi connectivity index (χ2n) is 4.15.